The zero-order valence-electron chi connectivity index (χ0n) is 9.29. The Balaban J connectivity index is 0. The van der Waals surface area contributed by atoms with Crippen LogP contribution in [0.3, 0.4) is 0 Å². The Morgan fingerprint density at radius 1 is 1.00 bits per heavy atom. The van der Waals surface area contributed by atoms with E-state index in [1.807, 2.05) is 57.5 Å². The van der Waals surface area contributed by atoms with E-state index in [4.69, 9.17) is 5.73 Å². The fraction of sp³-hybridized carbons (Fsp3) is 0.455. The molecule has 0 radical (unpaired) electrons. The molecule has 2 N–H and O–H groups in total. The Hall–Kier alpha value is -0.630. The average Bonchev–Trinajstić information content (AvgIpc) is 2.15. The summed E-state index contributed by atoms with van der Waals surface area (Å²) in [6.07, 6.45) is 4.08. The molecule has 0 heterocycles. The van der Waals surface area contributed by atoms with Crippen LogP contribution in [-0.4, -0.2) is 12.5 Å². The van der Waals surface area contributed by atoms with Crippen LogP contribution in [0.15, 0.2) is 24.3 Å². The summed E-state index contributed by atoms with van der Waals surface area (Å²) in [6, 6.07) is 7.79. The van der Waals surface area contributed by atoms with E-state index in [9.17, 15) is 0 Å². The molecule has 0 amide bonds. The van der Waals surface area contributed by atoms with Crippen LogP contribution in [0.1, 0.15) is 19.4 Å². The van der Waals surface area contributed by atoms with E-state index in [0.29, 0.717) is 0 Å². The summed E-state index contributed by atoms with van der Waals surface area (Å²) >= 11 is 1.75. The molecule has 13 heavy (non-hydrogen) atoms. The number of rotatable bonds is 0. The third-order valence-corrected chi connectivity index (χ3v) is 1.08. The number of nitrogen functional groups attached to an aromatic ring is 1. The van der Waals surface area contributed by atoms with E-state index in [0.717, 1.165) is 5.69 Å². The smallest absolute Gasteiger partial charge is 0.0314 e. The van der Waals surface area contributed by atoms with Gasteiger partial charge in [-0.3, -0.25) is 0 Å². The quantitative estimate of drug-likeness (QED) is 0.646. The molecule has 0 unspecified atom stereocenters. The number of anilines is 1. The SMILES string of the molecule is CC.CSC.Cc1ccc(N)cc1. The summed E-state index contributed by atoms with van der Waals surface area (Å²) in [5, 5.41) is 0. The van der Waals surface area contributed by atoms with Crippen LogP contribution in [0, 0.1) is 6.92 Å². The van der Waals surface area contributed by atoms with Crippen LogP contribution in [0.4, 0.5) is 5.69 Å². The molecule has 0 spiro atoms. The summed E-state index contributed by atoms with van der Waals surface area (Å²) in [6.45, 7) is 6.04. The van der Waals surface area contributed by atoms with E-state index in [1.165, 1.54) is 5.56 Å². The number of benzene rings is 1. The van der Waals surface area contributed by atoms with Crippen LogP contribution >= 0.6 is 11.8 Å². The molecular formula is C11H21NS. The van der Waals surface area contributed by atoms with Crippen molar-refractivity contribution in [2.75, 3.05) is 18.2 Å². The fourth-order valence-corrected chi connectivity index (χ4v) is 0.566. The molecule has 0 aliphatic rings. The lowest BCUT2D eigenvalue weighted by molar-refractivity contribution is 1.47. The summed E-state index contributed by atoms with van der Waals surface area (Å²) < 4.78 is 0. The number of hydrogen-bond acceptors (Lipinski definition) is 2. The van der Waals surface area contributed by atoms with Crippen LogP contribution in [0.5, 0.6) is 0 Å². The summed E-state index contributed by atoms with van der Waals surface area (Å²) in [5.41, 5.74) is 7.51. The predicted octanol–water partition coefficient (Wildman–Crippen LogP) is 3.58. The zero-order valence-corrected chi connectivity index (χ0v) is 10.1. The van der Waals surface area contributed by atoms with Gasteiger partial charge >= 0.3 is 0 Å². The van der Waals surface area contributed by atoms with Crippen molar-refractivity contribution >= 4 is 17.4 Å². The van der Waals surface area contributed by atoms with E-state index in [-0.39, 0.29) is 0 Å². The van der Waals surface area contributed by atoms with Crippen LogP contribution in [-0.2, 0) is 0 Å². The third kappa shape index (κ3) is 11.4. The fourth-order valence-electron chi connectivity index (χ4n) is 0.566. The zero-order chi connectivity index (χ0) is 10.7. The molecular weight excluding hydrogens is 178 g/mol. The lowest BCUT2D eigenvalue weighted by Crippen LogP contribution is -1.81. The van der Waals surface area contributed by atoms with Gasteiger partial charge in [-0.05, 0) is 31.6 Å². The largest absolute Gasteiger partial charge is 0.399 e. The van der Waals surface area contributed by atoms with Crippen LogP contribution < -0.4 is 5.73 Å². The van der Waals surface area contributed by atoms with Crippen molar-refractivity contribution in [2.24, 2.45) is 0 Å². The molecule has 1 rings (SSSR count). The lowest BCUT2D eigenvalue weighted by atomic mass is 10.2. The van der Waals surface area contributed by atoms with Crippen LogP contribution in [0.2, 0.25) is 0 Å². The van der Waals surface area contributed by atoms with Gasteiger partial charge in [-0.25, -0.2) is 0 Å². The molecule has 0 aromatic heterocycles. The molecule has 0 atom stereocenters. The second-order valence-electron chi connectivity index (χ2n) is 2.32. The first-order valence-corrected chi connectivity index (χ1v) is 6.06. The van der Waals surface area contributed by atoms with Gasteiger partial charge in [0.1, 0.15) is 0 Å². The van der Waals surface area contributed by atoms with Crippen molar-refractivity contribution in [2.45, 2.75) is 20.8 Å². The minimum Gasteiger partial charge on any atom is -0.399 e. The number of aryl methyl sites for hydroxylation is 1. The van der Waals surface area contributed by atoms with E-state index in [1.54, 1.807) is 11.8 Å². The van der Waals surface area contributed by atoms with E-state index in [2.05, 4.69) is 0 Å². The minimum atomic E-state index is 0.829. The minimum absolute atomic E-state index is 0.829. The molecule has 0 aliphatic heterocycles. The Bertz CT molecular complexity index is 161. The predicted molar refractivity (Wildman–Crippen MR) is 66.4 cm³/mol. The normalized spacial score (nSPS) is 7.46. The first kappa shape index (κ1) is 14.9. The van der Waals surface area contributed by atoms with Crippen molar-refractivity contribution in [3.8, 4) is 0 Å². The second kappa shape index (κ2) is 11.4. The lowest BCUT2D eigenvalue weighted by Gasteiger charge is -1.90. The van der Waals surface area contributed by atoms with Crippen LogP contribution in [0.25, 0.3) is 0 Å². The highest BCUT2D eigenvalue weighted by molar-refractivity contribution is 7.97. The molecule has 2 heteroatoms. The Kier molecular flexibility index (Phi) is 13.0. The first-order valence-electron chi connectivity index (χ1n) is 4.43. The van der Waals surface area contributed by atoms with Crippen molar-refractivity contribution in [1.29, 1.82) is 0 Å². The van der Waals surface area contributed by atoms with Gasteiger partial charge in [-0.15, -0.1) is 0 Å². The Labute approximate surface area is 86.7 Å². The van der Waals surface area contributed by atoms with Crippen molar-refractivity contribution in [1.82, 2.24) is 0 Å². The Morgan fingerprint density at radius 3 is 1.54 bits per heavy atom. The molecule has 0 saturated carbocycles. The molecule has 0 fully saturated rings. The number of hydrogen-bond donors (Lipinski definition) is 1. The summed E-state index contributed by atoms with van der Waals surface area (Å²) in [5.74, 6) is 0. The van der Waals surface area contributed by atoms with Crippen molar-refractivity contribution in [3.05, 3.63) is 29.8 Å². The van der Waals surface area contributed by atoms with Gasteiger partial charge in [0.05, 0.1) is 0 Å². The standard InChI is InChI=1S/C7H9N.C2H6S.C2H6/c1-6-2-4-7(8)5-3-6;1-3-2;1-2/h2-5H,8H2,1H3;1-2H3;1-2H3. The third-order valence-electron chi connectivity index (χ3n) is 1.08. The van der Waals surface area contributed by atoms with Gasteiger partial charge in [0, 0.05) is 5.69 Å². The average molecular weight is 199 g/mol. The molecule has 76 valence electrons. The summed E-state index contributed by atoms with van der Waals surface area (Å²) in [7, 11) is 0. The molecule has 0 saturated heterocycles. The maximum absolute atomic E-state index is 5.43. The van der Waals surface area contributed by atoms with Gasteiger partial charge in [0.15, 0.2) is 0 Å². The molecule has 0 aliphatic carbocycles. The number of thioether (sulfide) groups is 1. The van der Waals surface area contributed by atoms with Gasteiger partial charge in [-0.2, -0.15) is 11.8 Å². The second-order valence-corrected chi connectivity index (χ2v) is 3.14. The molecule has 0 bridgehead atoms. The highest BCUT2D eigenvalue weighted by atomic mass is 32.2. The van der Waals surface area contributed by atoms with Gasteiger partial charge in [-0.1, -0.05) is 31.5 Å². The van der Waals surface area contributed by atoms with Crippen molar-refractivity contribution < 1.29 is 0 Å². The number of nitrogens with two attached hydrogens (primary N) is 1. The summed E-state index contributed by atoms with van der Waals surface area (Å²) in [4.78, 5) is 0. The Morgan fingerprint density at radius 2 is 1.31 bits per heavy atom. The topological polar surface area (TPSA) is 26.0 Å². The van der Waals surface area contributed by atoms with E-state index < -0.39 is 0 Å². The molecule has 1 nitrogen and oxygen atoms in total. The van der Waals surface area contributed by atoms with Gasteiger partial charge in [0.25, 0.3) is 0 Å². The van der Waals surface area contributed by atoms with Crippen molar-refractivity contribution in [3.63, 3.8) is 0 Å². The first-order chi connectivity index (χ1) is 6.20. The highest BCUT2D eigenvalue weighted by Gasteiger charge is 1.80. The molecule has 1 aromatic rings. The maximum atomic E-state index is 5.43. The van der Waals surface area contributed by atoms with Gasteiger partial charge in [0.2, 0.25) is 0 Å². The monoisotopic (exact) mass is 199 g/mol. The maximum Gasteiger partial charge on any atom is 0.0314 e. The molecule has 1 aromatic carbocycles. The highest BCUT2D eigenvalue weighted by Crippen LogP contribution is 2.02. The van der Waals surface area contributed by atoms with Gasteiger partial charge < -0.3 is 5.73 Å². The van der Waals surface area contributed by atoms with E-state index >= 15 is 0 Å².